The van der Waals surface area contributed by atoms with Crippen LogP contribution < -0.4 is 15.2 Å². The number of allylic oxidation sites excluding steroid dienone is 2. The summed E-state index contributed by atoms with van der Waals surface area (Å²) in [7, 11) is -3.67. The van der Waals surface area contributed by atoms with Crippen molar-refractivity contribution in [3.63, 3.8) is 0 Å². The minimum atomic E-state index is -3.67. The van der Waals surface area contributed by atoms with Gasteiger partial charge >= 0.3 is 0 Å². The van der Waals surface area contributed by atoms with E-state index in [4.69, 9.17) is 15.5 Å². The fourth-order valence-corrected chi connectivity index (χ4v) is 6.48. The van der Waals surface area contributed by atoms with Crippen molar-refractivity contribution in [1.82, 2.24) is 0 Å². The number of nitrogens with zero attached hydrogens (tertiary/aromatic N) is 2. The first kappa shape index (κ1) is 27.9. The first-order valence-electron chi connectivity index (χ1n) is 12.5. The van der Waals surface area contributed by atoms with E-state index in [9.17, 15) is 18.5 Å². The summed E-state index contributed by atoms with van der Waals surface area (Å²) in [4.78, 5) is 18.1. The third-order valence-electron chi connectivity index (χ3n) is 6.86. The van der Waals surface area contributed by atoms with Gasteiger partial charge in [0.1, 0.15) is 6.61 Å². The highest BCUT2D eigenvalue weighted by atomic mass is 79.9. The lowest BCUT2D eigenvalue weighted by Crippen LogP contribution is -2.32. The number of Topliss-reactive ketones (excluding diaryl/α,β-unsaturated/α-hetero) is 1. The van der Waals surface area contributed by atoms with Gasteiger partial charge in [-0.1, -0.05) is 25.5 Å². The number of nitriles is 1. The second-order valence-electron chi connectivity index (χ2n) is 9.97. The number of benzene rings is 2. The van der Waals surface area contributed by atoms with Gasteiger partial charge in [0.05, 0.1) is 28.4 Å². The lowest BCUT2D eigenvalue weighted by Gasteiger charge is -2.35. The van der Waals surface area contributed by atoms with Crippen LogP contribution in [0.3, 0.4) is 0 Å². The lowest BCUT2D eigenvalue weighted by molar-refractivity contribution is -0.117. The molecule has 3 N–H and O–H groups in total. The number of hydrogen-bond donors (Lipinski definition) is 2. The Labute approximate surface area is 232 Å². The molecule has 1 heterocycles. The number of carbonyl (C=O) groups is 1. The second kappa shape index (κ2) is 11.3. The second-order valence-corrected chi connectivity index (χ2v) is 12.6. The van der Waals surface area contributed by atoms with Crippen LogP contribution in [0.25, 0.3) is 0 Å². The van der Waals surface area contributed by atoms with Crippen molar-refractivity contribution in [1.29, 1.82) is 5.26 Å². The van der Waals surface area contributed by atoms with Gasteiger partial charge in [-0.05, 0) is 77.0 Å². The van der Waals surface area contributed by atoms with Crippen LogP contribution in [0.4, 0.5) is 11.4 Å². The molecule has 1 aliphatic carbocycles. The van der Waals surface area contributed by atoms with Gasteiger partial charge in [0.25, 0.3) is 0 Å². The molecule has 38 heavy (non-hydrogen) atoms. The van der Waals surface area contributed by atoms with E-state index in [1.54, 1.807) is 24.3 Å². The Balaban J connectivity index is 1.80. The van der Waals surface area contributed by atoms with E-state index < -0.39 is 21.9 Å². The molecule has 4 rings (SSSR count). The summed E-state index contributed by atoms with van der Waals surface area (Å²) in [6.45, 7) is 4.07. The number of sulfonamides is 1. The van der Waals surface area contributed by atoms with Crippen molar-refractivity contribution in [3.8, 4) is 11.8 Å². The Bertz CT molecular complexity index is 1480. The van der Waals surface area contributed by atoms with Crippen molar-refractivity contribution < 1.29 is 17.9 Å². The smallest absolute Gasteiger partial charge is 0.229 e. The van der Waals surface area contributed by atoms with Crippen LogP contribution in [0, 0.1) is 23.2 Å². The zero-order valence-corrected chi connectivity index (χ0v) is 24.0. The van der Waals surface area contributed by atoms with E-state index in [0.717, 1.165) is 30.4 Å². The van der Waals surface area contributed by atoms with Gasteiger partial charge in [0.2, 0.25) is 10.0 Å². The number of rotatable bonds is 8. The molecule has 0 saturated heterocycles. The summed E-state index contributed by atoms with van der Waals surface area (Å²) in [6.07, 6.45) is 4.10. The maximum atomic E-state index is 13.4. The summed E-state index contributed by atoms with van der Waals surface area (Å²) >= 11 is 3.55. The number of nitrogens with one attached hydrogen (secondary N) is 1. The number of aliphatic imine (C=N–C) groups is 1. The number of hydrogen-bond acceptors (Lipinski definition) is 7. The molecule has 2 aromatic carbocycles. The Kier molecular flexibility index (Phi) is 8.28. The number of ketones is 1. The van der Waals surface area contributed by atoms with E-state index in [1.807, 2.05) is 19.1 Å². The van der Waals surface area contributed by atoms with Crippen LogP contribution >= 0.6 is 15.9 Å². The van der Waals surface area contributed by atoms with Crippen molar-refractivity contribution in [3.05, 3.63) is 63.3 Å². The Morgan fingerprint density at radius 2 is 2.03 bits per heavy atom. The molecule has 0 aromatic heterocycles. The van der Waals surface area contributed by atoms with Crippen molar-refractivity contribution >= 4 is 48.8 Å². The summed E-state index contributed by atoms with van der Waals surface area (Å²) in [5, 5.41) is 10.1. The number of halogens is 1. The topological polar surface area (TPSA) is 135 Å². The predicted octanol–water partition coefficient (Wildman–Crippen LogP) is 5.71. The lowest BCUT2D eigenvalue weighted by atomic mass is 9.70. The van der Waals surface area contributed by atoms with Crippen LogP contribution in [0.15, 0.2) is 57.1 Å². The Morgan fingerprint density at radius 3 is 2.68 bits per heavy atom. The number of anilines is 2. The van der Waals surface area contributed by atoms with Gasteiger partial charge in [-0.3, -0.25) is 14.5 Å². The molecular weight excluding hydrogens is 568 g/mol. The number of nitrogen functional groups attached to an aromatic ring is 1. The number of carbonyl (C=O) groups excluding carboxylic acids is 1. The predicted molar refractivity (Wildman–Crippen MR) is 152 cm³/mol. The SMILES string of the molecule is CCCC1CC(=O)C2=C(C1)N=C(C)C(C#N)C2c1cc(Br)c(OCc2cccc(N)c2)c(NS(C)(=O)=O)c1. The maximum absolute atomic E-state index is 13.4. The molecule has 0 bridgehead atoms. The monoisotopic (exact) mass is 598 g/mol. The molecule has 200 valence electrons. The highest BCUT2D eigenvalue weighted by molar-refractivity contribution is 9.10. The summed E-state index contributed by atoms with van der Waals surface area (Å²) < 4.78 is 33.7. The molecule has 0 spiro atoms. The average Bonchev–Trinajstić information content (AvgIpc) is 2.81. The molecule has 10 heteroatoms. The third kappa shape index (κ3) is 6.11. The highest BCUT2D eigenvalue weighted by Gasteiger charge is 2.41. The molecule has 3 atom stereocenters. The summed E-state index contributed by atoms with van der Waals surface area (Å²) in [5.41, 5.74) is 10.1. The van der Waals surface area contributed by atoms with Gasteiger partial charge in [-0.25, -0.2) is 8.42 Å². The van der Waals surface area contributed by atoms with E-state index >= 15 is 0 Å². The molecule has 2 aromatic rings. The zero-order valence-electron chi connectivity index (χ0n) is 21.6. The molecule has 1 aliphatic heterocycles. The van der Waals surface area contributed by atoms with E-state index in [2.05, 4.69) is 33.6 Å². The first-order chi connectivity index (χ1) is 18.0. The van der Waals surface area contributed by atoms with Crippen molar-refractivity contribution in [2.24, 2.45) is 16.8 Å². The minimum Gasteiger partial charge on any atom is -0.486 e. The van der Waals surface area contributed by atoms with Crippen LogP contribution in [0.2, 0.25) is 0 Å². The summed E-state index contributed by atoms with van der Waals surface area (Å²) in [6, 6.07) is 13.0. The van der Waals surface area contributed by atoms with Crippen LogP contribution in [-0.2, 0) is 21.4 Å². The van der Waals surface area contributed by atoms with Gasteiger partial charge in [0.15, 0.2) is 11.5 Å². The Morgan fingerprint density at radius 1 is 1.26 bits per heavy atom. The van der Waals surface area contributed by atoms with Crippen molar-refractivity contribution in [2.45, 2.75) is 52.1 Å². The number of nitrogens with two attached hydrogens (primary N) is 1. The molecule has 0 saturated carbocycles. The molecule has 2 aliphatic rings. The molecule has 8 nitrogen and oxygen atoms in total. The maximum Gasteiger partial charge on any atom is 0.229 e. The minimum absolute atomic E-state index is 0.00179. The normalized spacial score (nSPS) is 21.4. The number of ether oxygens (including phenoxy) is 1. The fourth-order valence-electron chi connectivity index (χ4n) is 5.33. The Hall–Kier alpha value is -3.16. The standard InChI is InChI=1S/C28H31BrN4O4S/c1-4-6-17-10-23-27(25(34)11-17)26(21(14-30)16(2)32-23)19-12-22(29)28(24(13-19)33-38(3,35)36)37-15-18-7-5-8-20(31)9-18/h5,7-9,12-13,17,21,26,33H,4,6,10-11,15,31H2,1-3H3. The van der Waals surface area contributed by atoms with Crippen LogP contribution in [0.1, 0.15) is 56.6 Å². The average molecular weight is 600 g/mol. The van der Waals surface area contributed by atoms with Gasteiger partial charge in [-0.2, -0.15) is 5.26 Å². The molecule has 0 fully saturated rings. The summed E-state index contributed by atoms with van der Waals surface area (Å²) in [5.74, 6) is -0.691. The molecule has 0 amide bonds. The van der Waals surface area contributed by atoms with E-state index in [0.29, 0.717) is 45.6 Å². The fraction of sp³-hybridized carbons (Fsp3) is 0.393. The molecule has 0 radical (unpaired) electrons. The van der Waals surface area contributed by atoms with Gasteiger partial charge in [-0.15, -0.1) is 0 Å². The largest absolute Gasteiger partial charge is 0.486 e. The van der Waals surface area contributed by atoms with E-state index in [-0.39, 0.29) is 24.0 Å². The zero-order chi connectivity index (χ0) is 27.6. The van der Waals surface area contributed by atoms with Gasteiger partial charge < -0.3 is 10.5 Å². The van der Waals surface area contributed by atoms with E-state index in [1.165, 1.54) is 0 Å². The third-order valence-corrected chi connectivity index (χ3v) is 8.04. The van der Waals surface area contributed by atoms with Gasteiger partial charge in [0, 0.05) is 35.0 Å². The highest BCUT2D eigenvalue weighted by Crippen LogP contribution is 2.47. The van der Waals surface area contributed by atoms with Crippen molar-refractivity contribution in [2.75, 3.05) is 16.7 Å². The van der Waals surface area contributed by atoms with Crippen LogP contribution in [-0.4, -0.2) is 26.2 Å². The molecule has 3 unspecified atom stereocenters. The molecular formula is C28H31BrN4O4S. The first-order valence-corrected chi connectivity index (χ1v) is 15.2. The quantitative estimate of drug-likeness (QED) is 0.373. The van der Waals surface area contributed by atoms with Crippen LogP contribution in [0.5, 0.6) is 5.75 Å².